The van der Waals surface area contributed by atoms with Gasteiger partial charge in [-0.2, -0.15) is 0 Å². The molecule has 0 aliphatic rings. The zero-order valence-electron chi connectivity index (χ0n) is 11.3. The summed E-state index contributed by atoms with van der Waals surface area (Å²) in [4.78, 5) is 1.28. The molecule has 0 unspecified atom stereocenters. The monoisotopic (exact) mass is 269 g/mol. The molecule has 0 bridgehead atoms. The normalized spacial score (nSPS) is 10.6. The lowest BCUT2D eigenvalue weighted by atomic mass is 10.3. The van der Waals surface area contributed by atoms with Crippen molar-refractivity contribution in [3.8, 4) is 5.75 Å². The van der Waals surface area contributed by atoms with Crippen LogP contribution in [0.1, 0.15) is 12.8 Å². The van der Waals surface area contributed by atoms with Gasteiger partial charge in [0.15, 0.2) is 0 Å². The Bertz CT molecular complexity index is 320. The minimum atomic E-state index is 0.790. The van der Waals surface area contributed by atoms with Crippen molar-refractivity contribution in [1.82, 2.24) is 5.32 Å². The molecule has 3 nitrogen and oxygen atoms in total. The van der Waals surface area contributed by atoms with E-state index in [-0.39, 0.29) is 0 Å². The minimum Gasteiger partial charge on any atom is -0.497 e. The Labute approximate surface area is 114 Å². The number of thioether (sulfide) groups is 1. The van der Waals surface area contributed by atoms with E-state index in [9.17, 15) is 0 Å². The topological polar surface area (TPSA) is 30.5 Å². The number of rotatable bonds is 10. The predicted octanol–water partition coefficient (Wildman–Crippen LogP) is 2.80. The Morgan fingerprint density at radius 3 is 2.83 bits per heavy atom. The molecule has 0 amide bonds. The van der Waals surface area contributed by atoms with Gasteiger partial charge in [0.25, 0.3) is 0 Å². The molecule has 0 fully saturated rings. The second-order valence-corrected chi connectivity index (χ2v) is 5.15. The van der Waals surface area contributed by atoms with Crippen molar-refractivity contribution in [2.75, 3.05) is 39.7 Å². The van der Waals surface area contributed by atoms with Gasteiger partial charge < -0.3 is 14.8 Å². The maximum absolute atomic E-state index is 5.20. The van der Waals surface area contributed by atoms with E-state index in [1.807, 2.05) is 23.9 Å². The predicted molar refractivity (Wildman–Crippen MR) is 77.7 cm³/mol. The Kier molecular flexibility index (Phi) is 8.73. The van der Waals surface area contributed by atoms with Crippen LogP contribution in [0.4, 0.5) is 0 Å². The van der Waals surface area contributed by atoms with E-state index >= 15 is 0 Å². The number of hydrogen-bond acceptors (Lipinski definition) is 4. The van der Waals surface area contributed by atoms with Crippen LogP contribution in [0, 0.1) is 0 Å². The molecule has 1 aromatic carbocycles. The second-order valence-electron chi connectivity index (χ2n) is 3.98. The van der Waals surface area contributed by atoms with Crippen molar-refractivity contribution >= 4 is 11.8 Å². The van der Waals surface area contributed by atoms with Crippen molar-refractivity contribution in [3.63, 3.8) is 0 Å². The third kappa shape index (κ3) is 6.89. The van der Waals surface area contributed by atoms with E-state index in [2.05, 4.69) is 17.4 Å². The van der Waals surface area contributed by atoms with Crippen LogP contribution >= 0.6 is 11.8 Å². The van der Waals surface area contributed by atoms with Gasteiger partial charge in [0, 0.05) is 18.6 Å². The number of methoxy groups -OCH3 is 2. The van der Waals surface area contributed by atoms with Gasteiger partial charge in [0.05, 0.1) is 13.7 Å². The number of benzene rings is 1. The van der Waals surface area contributed by atoms with Crippen molar-refractivity contribution in [3.05, 3.63) is 24.3 Å². The Balaban J connectivity index is 2.03. The van der Waals surface area contributed by atoms with Gasteiger partial charge in [-0.1, -0.05) is 6.07 Å². The van der Waals surface area contributed by atoms with E-state index in [1.165, 1.54) is 17.7 Å². The van der Waals surface area contributed by atoms with Crippen LogP contribution in [0.25, 0.3) is 0 Å². The van der Waals surface area contributed by atoms with Crippen molar-refractivity contribution in [1.29, 1.82) is 0 Å². The fraction of sp³-hybridized carbons (Fsp3) is 0.571. The zero-order valence-corrected chi connectivity index (χ0v) is 12.1. The molecule has 0 saturated carbocycles. The quantitative estimate of drug-likeness (QED) is 0.522. The molecule has 4 heteroatoms. The first-order valence-corrected chi connectivity index (χ1v) is 7.32. The number of nitrogens with one attached hydrogen (secondary N) is 1. The summed E-state index contributed by atoms with van der Waals surface area (Å²) in [5, 5.41) is 3.35. The highest BCUT2D eigenvalue weighted by Gasteiger charge is 1.96. The van der Waals surface area contributed by atoms with Gasteiger partial charge in [-0.3, -0.25) is 0 Å². The van der Waals surface area contributed by atoms with Crippen molar-refractivity contribution in [2.24, 2.45) is 0 Å². The first kappa shape index (κ1) is 15.3. The number of unbranched alkanes of at least 4 members (excludes halogenated alkanes) is 1. The maximum Gasteiger partial charge on any atom is 0.119 e. The summed E-state index contributed by atoms with van der Waals surface area (Å²) in [7, 11) is 3.43. The van der Waals surface area contributed by atoms with E-state index in [0.717, 1.165) is 31.2 Å². The van der Waals surface area contributed by atoms with E-state index in [4.69, 9.17) is 9.47 Å². The zero-order chi connectivity index (χ0) is 13.1. The summed E-state index contributed by atoms with van der Waals surface area (Å²) in [5.74, 6) is 2.08. The lowest BCUT2D eigenvalue weighted by Crippen LogP contribution is -2.20. The van der Waals surface area contributed by atoms with Crippen LogP contribution in [-0.4, -0.2) is 39.7 Å². The highest BCUT2D eigenvalue weighted by Crippen LogP contribution is 2.23. The molecule has 0 heterocycles. The summed E-state index contributed by atoms with van der Waals surface area (Å²) in [5.41, 5.74) is 0. The number of hydrogen-bond donors (Lipinski definition) is 1. The van der Waals surface area contributed by atoms with E-state index < -0.39 is 0 Å². The summed E-state index contributed by atoms with van der Waals surface area (Å²) >= 11 is 1.89. The van der Waals surface area contributed by atoms with E-state index in [1.54, 1.807) is 14.2 Å². The Morgan fingerprint density at radius 1 is 1.17 bits per heavy atom. The number of ether oxygens (including phenoxy) is 2. The molecule has 0 atom stereocenters. The molecule has 0 radical (unpaired) electrons. The van der Waals surface area contributed by atoms with Crippen LogP contribution in [0.2, 0.25) is 0 Å². The molecule has 0 saturated heterocycles. The molecule has 1 aromatic rings. The summed E-state index contributed by atoms with van der Waals surface area (Å²) < 4.78 is 10.2. The van der Waals surface area contributed by atoms with Gasteiger partial charge in [0.1, 0.15) is 5.75 Å². The fourth-order valence-electron chi connectivity index (χ4n) is 1.53. The minimum absolute atomic E-state index is 0.790. The summed E-state index contributed by atoms with van der Waals surface area (Å²) in [6.07, 6.45) is 2.43. The first-order chi connectivity index (χ1) is 8.86. The van der Waals surface area contributed by atoms with Crippen LogP contribution < -0.4 is 10.1 Å². The average molecular weight is 269 g/mol. The summed E-state index contributed by atoms with van der Waals surface area (Å²) in [6.45, 7) is 2.81. The highest BCUT2D eigenvalue weighted by atomic mass is 32.2. The van der Waals surface area contributed by atoms with Crippen LogP contribution in [0.3, 0.4) is 0 Å². The van der Waals surface area contributed by atoms with Gasteiger partial charge in [0.2, 0.25) is 0 Å². The van der Waals surface area contributed by atoms with E-state index in [0.29, 0.717) is 0 Å². The van der Waals surface area contributed by atoms with Gasteiger partial charge >= 0.3 is 0 Å². The standard InChI is InChI=1S/C14H23NO2S/c1-16-10-9-15-8-3-4-11-18-14-7-5-6-13(12-14)17-2/h5-7,12,15H,3-4,8-11H2,1-2H3. The van der Waals surface area contributed by atoms with Gasteiger partial charge in [-0.25, -0.2) is 0 Å². The molecular formula is C14H23NO2S. The molecule has 0 aliphatic heterocycles. The molecular weight excluding hydrogens is 246 g/mol. The lowest BCUT2D eigenvalue weighted by molar-refractivity contribution is 0.199. The smallest absolute Gasteiger partial charge is 0.119 e. The van der Waals surface area contributed by atoms with Gasteiger partial charge in [-0.05, 0) is 43.3 Å². The Morgan fingerprint density at radius 2 is 2.06 bits per heavy atom. The third-order valence-electron chi connectivity index (χ3n) is 2.54. The highest BCUT2D eigenvalue weighted by molar-refractivity contribution is 7.99. The van der Waals surface area contributed by atoms with Crippen LogP contribution in [0.15, 0.2) is 29.2 Å². The van der Waals surface area contributed by atoms with Crippen molar-refractivity contribution < 1.29 is 9.47 Å². The maximum atomic E-state index is 5.20. The molecule has 0 aromatic heterocycles. The van der Waals surface area contributed by atoms with Crippen LogP contribution in [0.5, 0.6) is 5.75 Å². The molecule has 0 spiro atoms. The van der Waals surface area contributed by atoms with Crippen LogP contribution in [-0.2, 0) is 4.74 Å². The molecule has 102 valence electrons. The third-order valence-corrected chi connectivity index (χ3v) is 3.62. The first-order valence-electron chi connectivity index (χ1n) is 6.33. The Hall–Kier alpha value is -0.710. The lowest BCUT2D eigenvalue weighted by Gasteiger charge is -2.05. The molecule has 1 rings (SSSR count). The molecule has 18 heavy (non-hydrogen) atoms. The molecule has 1 N–H and O–H groups in total. The van der Waals surface area contributed by atoms with Gasteiger partial charge in [-0.15, -0.1) is 11.8 Å². The van der Waals surface area contributed by atoms with Crippen molar-refractivity contribution in [2.45, 2.75) is 17.7 Å². The second kappa shape index (κ2) is 10.2. The largest absolute Gasteiger partial charge is 0.497 e. The SMILES string of the molecule is COCCNCCCCSc1cccc(OC)c1. The summed E-state index contributed by atoms with van der Waals surface area (Å²) in [6, 6.07) is 8.22. The molecule has 0 aliphatic carbocycles. The fourth-order valence-corrected chi connectivity index (χ4v) is 2.49. The average Bonchev–Trinajstić information content (AvgIpc) is 2.42.